The molecule has 1 amide bonds. The van der Waals surface area contributed by atoms with Crippen LogP contribution in [0.25, 0.3) is 0 Å². The minimum absolute atomic E-state index is 0.0114. The molecule has 1 aliphatic carbocycles. The van der Waals surface area contributed by atoms with E-state index in [0.717, 1.165) is 12.8 Å². The Bertz CT molecular complexity index is 305. The fourth-order valence-corrected chi connectivity index (χ4v) is 2.40. The standard InChI is InChI=1S/C13H23NO4.2C2H6/c1-4-7-14(13(17)18-9(2)3)11-6-5-10(8-11)12(15)16;2*1-2/h9-11H,4-8H2,1-3H3,(H,15,16);2*1-2H3. The van der Waals surface area contributed by atoms with Crippen LogP contribution in [0.1, 0.15) is 74.1 Å². The fraction of sp³-hybridized carbons (Fsp3) is 0.882. The van der Waals surface area contributed by atoms with Gasteiger partial charge in [-0.05, 0) is 39.5 Å². The van der Waals surface area contributed by atoms with E-state index in [4.69, 9.17) is 9.84 Å². The third-order valence-electron chi connectivity index (χ3n) is 3.23. The molecule has 1 aliphatic rings. The van der Waals surface area contributed by atoms with Gasteiger partial charge in [0.15, 0.2) is 0 Å². The molecule has 5 nitrogen and oxygen atoms in total. The second-order valence-electron chi connectivity index (χ2n) is 5.13. The molecule has 22 heavy (non-hydrogen) atoms. The summed E-state index contributed by atoms with van der Waals surface area (Å²) in [7, 11) is 0. The Hall–Kier alpha value is -1.26. The Morgan fingerprint density at radius 1 is 1.18 bits per heavy atom. The van der Waals surface area contributed by atoms with Crippen LogP contribution in [-0.2, 0) is 9.53 Å². The number of amides is 1. The summed E-state index contributed by atoms with van der Waals surface area (Å²) in [6, 6.07) is 0.0114. The molecule has 1 N–H and O–H groups in total. The molecule has 2 unspecified atom stereocenters. The van der Waals surface area contributed by atoms with Gasteiger partial charge in [0.2, 0.25) is 0 Å². The number of carbonyl (C=O) groups is 2. The maximum Gasteiger partial charge on any atom is 0.410 e. The van der Waals surface area contributed by atoms with Crippen LogP contribution in [0.5, 0.6) is 0 Å². The zero-order valence-corrected chi connectivity index (χ0v) is 15.4. The Balaban J connectivity index is 0. The highest BCUT2D eigenvalue weighted by Gasteiger charge is 2.35. The summed E-state index contributed by atoms with van der Waals surface area (Å²) >= 11 is 0. The maximum atomic E-state index is 12.0. The average Bonchev–Trinajstić information content (AvgIpc) is 2.98. The van der Waals surface area contributed by atoms with Gasteiger partial charge in [-0.15, -0.1) is 0 Å². The smallest absolute Gasteiger partial charge is 0.410 e. The number of ether oxygens (including phenoxy) is 1. The van der Waals surface area contributed by atoms with Gasteiger partial charge in [0, 0.05) is 12.6 Å². The van der Waals surface area contributed by atoms with Crippen molar-refractivity contribution >= 4 is 12.1 Å². The fourth-order valence-electron chi connectivity index (χ4n) is 2.40. The number of rotatable bonds is 5. The molecule has 0 saturated heterocycles. The topological polar surface area (TPSA) is 66.8 Å². The van der Waals surface area contributed by atoms with E-state index in [9.17, 15) is 9.59 Å². The van der Waals surface area contributed by atoms with Crippen molar-refractivity contribution in [3.8, 4) is 0 Å². The summed E-state index contributed by atoms with van der Waals surface area (Å²) in [5, 5.41) is 8.99. The summed E-state index contributed by atoms with van der Waals surface area (Å²) in [5.41, 5.74) is 0. The predicted octanol–water partition coefficient (Wildman–Crippen LogP) is 4.55. The lowest BCUT2D eigenvalue weighted by Crippen LogP contribution is -2.41. The SMILES string of the molecule is CC.CC.CCCN(C(=O)OC(C)C)C1CCC(C(=O)O)C1. The van der Waals surface area contributed by atoms with Crippen molar-refractivity contribution < 1.29 is 19.4 Å². The van der Waals surface area contributed by atoms with E-state index < -0.39 is 5.97 Å². The Morgan fingerprint density at radius 3 is 2.09 bits per heavy atom. The minimum Gasteiger partial charge on any atom is -0.481 e. The van der Waals surface area contributed by atoms with Crippen LogP contribution in [0.4, 0.5) is 4.79 Å². The molecule has 0 spiro atoms. The first kappa shape index (κ1) is 23.0. The number of hydrogen-bond donors (Lipinski definition) is 1. The molecule has 0 heterocycles. The number of hydrogen-bond acceptors (Lipinski definition) is 3. The molecule has 0 aliphatic heterocycles. The van der Waals surface area contributed by atoms with E-state index >= 15 is 0 Å². The van der Waals surface area contributed by atoms with Gasteiger partial charge in [0.05, 0.1) is 12.0 Å². The van der Waals surface area contributed by atoms with Crippen LogP contribution in [0.15, 0.2) is 0 Å². The molecular formula is C17H35NO4. The summed E-state index contributed by atoms with van der Waals surface area (Å²) in [6.45, 7) is 14.3. The van der Waals surface area contributed by atoms with Crippen molar-refractivity contribution in [2.75, 3.05) is 6.54 Å². The quantitative estimate of drug-likeness (QED) is 0.807. The number of aliphatic carboxylic acids is 1. The van der Waals surface area contributed by atoms with Crippen molar-refractivity contribution in [3.63, 3.8) is 0 Å². The molecule has 1 saturated carbocycles. The molecule has 0 radical (unpaired) electrons. The summed E-state index contributed by atoms with van der Waals surface area (Å²) in [5.74, 6) is -1.08. The van der Waals surface area contributed by atoms with Gasteiger partial charge in [-0.1, -0.05) is 34.6 Å². The summed E-state index contributed by atoms with van der Waals surface area (Å²) < 4.78 is 5.21. The molecule has 0 aromatic carbocycles. The Morgan fingerprint density at radius 2 is 1.73 bits per heavy atom. The summed E-state index contributed by atoms with van der Waals surface area (Å²) in [6.07, 6.45) is 2.33. The van der Waals surface area contributed by atoms with Gasteiger partial charge in [0.1, 0.15) is 0 Å². The van der Waals surface area contributed by atoms with Crippen molar-refractivity contribution in [2.24, 2.45) is 5.92 Å². The van der Waals surface area contributed by atoms with Gasteiger partial charge in [-0.3, -0.25) is 4.79 Å². The molecule has 1 rings (SSSR count). The lowest BCUT2D eigenvalue weighted by Gasteiger charge is -2.28. The molecule has 0 aromatic heterocycles. The third-order valence-corrected chi connectivity index (χ3v) is 3.23. The van der Waals surface area contributed by atoms with Crippen molar-refractivity contribution in [1.29, 1.82) is 0 Å². The second kappa shape index (κ2) is 13.4. The number of carbonyl (C=O) groups excluding carboxylic acids is 1. The van der Waals surface area contributed by atoms with Crippen molar-refractivity contribution in [1.82, 2.24) is 4.90 Å². The normalized spacial score (nSPS) is 19.5. The summed E-state index contributed by atoms with van der Waals surface area (Å²) in [4.78, 5) is 24.6. The highest BCUT2D eigenvalue weighted by Crippen LogP contribution is 2.30. The van der Waals surface area contributed by atoms with Gasteiger partial charge in [-0.25, -0.2) is 4.79 Å². The largest absolute Gasteiger partial charge is 0.481 e. The van der Waals surface area contributed by atoms with Crippen LogP contribution >= 0.6 is 0 Å². The minimum atomic E-state index is -0.758. The van der Waals surface area contributed by atoms with E-state index in [1.165, 1.54) is 0 Å². The first-order valence-corrected chi connectivity index (χ1v) is 8.65. The first-order valence-electron chi connectivity index (χ1n) is 8.65. The molecule has 0 bridgehead atoms. The van der Waals surface area contributed by atoms with Gasteiger partial charge < -0.3 is 14.7 Å². The van der Waals surface area contributed by atoms with Crippen LogP contribution in [-0.4, -0.2) is 40.8 Å². The number of nitrogens with zero attached hydrogens (tertiary/aromatic N) is 1. The lowest BCUT2D eigenvalue weighted by molar-refractivity contribution is -0.141. The highest BCUT2D eigenvalue weighted by atomic mass is 16.6. The number of carboxylic acids is 1. The molecular weight excluding hydrogens is 282 g/mol. The molecule has 132 valence electrons. The van der Waals surface area contributed by atoms with Crippen molar-refractivity contribution in [2.45, 2.75) is 86.3 Å². The monoisotopic (exact) mass is 317 g/mol. The molecule has 5 heteroatoms. The zero-order chi connectivity index (χ0) is 17.7. The second-order valence-corrected chi connectivity index (χ2v) is 5.13. The average molecular weight is 317 g/mol. The van der Waals surface area contributed by atoms with E-state index in [2.05, 4.69) is 0 Å². The van der Waals surface area contributed by atoms with Crippen LogP contribution in [0, 0.1) is 5.92 Å². The van der Waals surface area contributed by atoms with Crippen LogP contribution in [0.3, 0.4) is 0 Å². The van der Waals surface area contributed by atoms with E-state index in [-0.39, 0.29) is 24.2 Å². The van der Waals surface area contributed by atoms with E-state index in [1.807, 2.05) is 48.5 Å². The van der Waals surface area contributed by atoms with Gasteiger partial charge >= 0.3 is 12.1 Å². The van der Waals surface area contributed by atoms with Gasteiger partial charge in [0.25, 0.3) is 0 Å². The Labute approximate surface area is 136 Å². The van der Waals surface area contributed by atoms with E-state index in [1.54, 1.807) is 4.90 Å². The van der Waals surface area contributed by atoms with Crippen LogP contribution in [0.2, 0.25) is 0 Å². The predicted molar refractivity (Wildman–Crippen MR) is 90.1 cm³/mol. The van der Waals surface area contributed by atoms with Crippen LogP contribution < -0.4 is 0 Å². The molecule has 0 aromatic rings. The zero-order valence-electron chi connectivity index (χ0n) is 15.4. The highest BCUT2D eigenvalue weighted by molar-refractivity contribution is 5.71. The lowest BCUT2D eigenvalue weighted by atomic mass is 10.1. The maximum absolute atomic E-state index is 12.0. The van der Waals surface area contributed by atoms with Crippen molar-refractivity contribution in [3.05, 3.63) is 0 Å². The Kier molecular flexibility index (Phi) is 14.0. The van der Waals surface area contributed by atoms with E-state index in [0.29, 0.717) is 19.4 Å². The molecule has 1 fully saturated rings. The number of carboxylic acid groups (broad SMARTS) is 1. The molecule has 2 atom stereocenters. The third kappa shape index (κ3) is 8.25. The van der Waals surface area contributed by atoms with Gasteiger partial charge in [-0.2, -0.15) is 0 Å². The first-order chi connectivity index (χ1) is 10.5.